The Bertz CT molecular complexity index is 412. The highest BCUT2D eigenvalue weighted by Crippen LogP contribution is 2.37. The lowest BCUT2D eigenvalue weighted by atomic mass is 9.75. The lowest BCUT2D eigenvalue weighted by molar-refractivity contribution is -0.109. The maximum atomic E-state index is 5.88. The minimum Gasteiger partial charge on any atom is -0.465 e. The van der Waals surface area contributed by atoms with Gasteiger partial charge in [-0.3, -0.25) is 0 Å². The molecule has 0 heterocycles. The van der Waals surface area contributed by atoms with E-state index in [1.807, 2.05) is 6.92 Å². The number of ether oxygens (including phenoxy) is 2. The molecule has 0 saturated heterocycles. The van der Waals surface area contributed by atoms with Gasteiger partial charge in [-0.15, -0.1) is 0 Å². The van der Waals surface area contributed by atoms with E-state index in [1.54, 1.807) is 0 Å². The summed E-state index contributed by atoms with van der Waals surface area (Å²) in [6.07, 6.45) is 3.26. The Balaban J connectivity index is 2.69. The molecule has 1 aromatic rings. The number of benzene rings is 1. The fourth-order valence-corrected chi connectivity index (χ4v) is 3.10. The first-order valence-electron chi connectivity index (χ1n) is 8.73. The molecule has 0 aliphatic carbocycles. The zero-order valence-electron chi connectivity index (χ0n) is 15.5. The van der Waals surface area contributed by atoms with Gasteiger partial charge in [-0.1, -0.05) is 53.7 Å². The van der Waals surface area contributed by atoms with Crippen LogP contribution in [0.4, 0.5) is 0 Å². The molecule has 0 bridgehead atoms. The molecule has 0 N–H and O–H groups in total. The van der Waals surface area contributed by atoms with Crippen LogP contribution in [0.2, 0.25) is 0 Å². The lowest BCUT2D eigenvalue weighted by Gasteiger charge is -2.30. The summed E-state index contributed by atoms with van der Waals surface area (Å²) in [7, 11) is 0. The van der Waals surface area contributed by atoms with Crippen LogP contribution in [0.5, 0.6) is 5.75 Å². The van der Waals surface area contributed by atoms with Gasteiger partial charge in [0.1, 0.15) is 5.75 Å². The van der Waals surface area contributed by atoms with Crippen molar-refractivity contribution in [2.75, 3.05) is 0 Å². The molecule has 2 nitrogen and oxygen atoms in total. The fraction of sp³-hybridized carbons (Fsp3) is 0.700. The van der Waals surface area contributed by atoms with E-state index in [2.05, 4.69) is 65.8 Å². The van der Waals surface area contributed by atoms with Crippen LogP contribution in [0.25, 0.3) is 0 Å². The third-order valence-corrected chi connectivity index (χ3v) is 4.33. The second-order valence-corrected chi connectivity index (χ2v) is 7.16. The highest BCUT2D eigenvalue weighted by molar-refractivity contribution is 5.30. The monoisotopic (exact) mass is 306 g/mol. The van der Waals surface area contributed by atoms with Crippen molar-refractivity contribution in [3.8, 4) is 5.75 Å². The average Bonchev–Trinajstić information content (AvgIpc) is 2.46. The number of hydrogen-bond acceptors (Lipinski definition) is 2. The molecule has 2 atom stereocenters. The van der Waals surface area contributed by atoms with Gasteiger partial charge < -0.3 is 9.47 Å². The quantitative estimate of drug-likeness (QED) is 0.536. The minimum atomic E-state index is -0.208. The molecule has 0 radical (unpaired) electrons. The van der Waals surface area contributed by atoms with Crippen molar-refractivity contribution >= 4 is 0 Å². The van der Waals surface area contributed by atoms with E-state index in [0.29, 0.717) is 5.92 Å². The first-order chi connectivity index (χ1) is 10.3. The molecule has 0 saturated carbocycles. The maximum Gasteiger partial charge on any atom is 0.197 e. The van der Waals surface area contributed by atoms with Crippen LogP contribution in [-0.2, 0) is 4.74 Å². The smallest absolute Gasteiger partial charge is 0.197 e. The standard InChI is InChI=1S/C20H34O2/c1-8-17(9-2)21-15(4)22-18-13-11-16(12-14-18)19(10-3)20(5,6)7/h11-15,17,19H,8-10H2,1-7H3. The van der Waals surface area contributed by atoms with Crippen LogP contribution in [0.15, 0.2) is 24.3 Å². The predicted molar refractivity (Wildman–Crippen MR) is 94.5 cm³/mol. The Kier molecular flexibility index (Phi) is 7.41. The topological polar surface area (TPSA) is 18.5 Å². The second-order valence-electron chi connectivity index (χ2n) is 7.16. The van der Waals surface area contributed by atoms with Gasteiger partial charge in [0.15, 0.2) is 6.29 Å². The predicted octanol–water partition coefficient (Wildman–Crippen LogP) is 6.16. The second kappa shape index (κ2) is 8.57. The van der Waals surface area contributed by atoms with Crippen molar-refractivity contribution in [1.29, 1.82) is 0 Å². The van der Waals surface area contributed by atoms with E-state index in [1.165, 1.54) is 5.56 Å². The van der Waals surface area contributed by atoms with Crippen molar-refractivity contribution in [1.82, 2.24) is 0 Å². The highest BCUT2D eigenvalue weighted by atomic mass is 16.7. The highest BCUT2D eigenvalue weighted by Gasteiger charge is 2.24. The number of rotatable bonds is 8. The first-order valence-corrected chi connectivity index (χ1v) is 8.73. The zero-order chi connectivity index (χ0) is 16.8. The van der Waals surface area contributed by atoms with E-state index in [-0.39, 0.29) is 17.8 Å². The molecule has 1 rings (SSSR count). The van der Waals surface area contributed by atoms with Gasteiger partial charge in [0.2, 0.25) is 0 Å². The SMILES string of the molecule is CCC(CC)OC(C)Oc1ccc(C(CC)C(C)(C)C)cc1. The zero-order valence-corrected chi connectivity index (χ0v) is 15.5. The Morgan fingerprint density at radius 1 is 0.909 bits per heavy atom. The summed E-state index contributed by atoms with van der Waals surface area (Å²) < 4.78 is 11.8. The Morgan fingerprint density at radius 3 is 1.86 bits per heavy atom. The van der Waals surface area contributed by atoms with Crippen molar-refractivity contribution in [2.45, 2.75) is 86.0 Å². The van der Waals surface area contributed by atoms with Crippen LogP contribution >= 0.6 is 0 Å². The number of hydrogen-bond donors (Lipinski definition) is 0. The van der Waals surface area contributed by atoms with Crippen LogP contribution in [-0.4, -0.2) is 12.4 Å². The Labute approximate surface area is 137 Å². The summed E-state index contributed by atoms with van der Waals surface area (Å²) >= 11 is 0. The van der Waals surface area contributed by atoms with E-state index >= 15 is 0 Å². The van der Waals surface area contributed by atoms with E-state index < -0.39 is 0 Å². The fourth-order valence-electron chi connectivity index (χ4n) is 3.10. The summed E-state index contributed by atoms with van der Waals surface area (Å²) in [6.45, 7) is 15.4. The minimum absolute atomic E-state index is 0.208. The summed E-state index contributed by atoms with van der Waals surface area (Å²) in [5, 5.41) is 0. The van der Waals surface area contributed by atoms with E-state index in [9.17, 15) is 0 Å². The molecule has 0 aromatic heterocycles. The maximum absolute atomic E-state index is 5.88. The molecule has 1 aromatic carbocycles. The van der Waals surface area contributed by atoms with Gasteiger partial charge in [0.25, 0.3) is 0 Å². The van der Waals surface area contributed by atoms with Crippen LogP contribution in [0.1, 0.15) is 79.2 Å². The Morgan fingerprint density at radius 2 is 1.45 bits per heavy atom. The Hall–Kier alpha value is -1.02. The van der Waals surface area contributed by atoms with Crippen molar-refractivity contribution in [2.24, 2.45) is 5.41 Å². The third kappa shape index (κ3) is 5.64. The molecule has 0 spiro atoms. The van der Waals surface area contributed by atoms with Gasteiger partial charge >= 0.3 is 0 Å². The normalized spacial score (nSPS) is 14.9. The molecule has 2 unspecified atom stereocenters. The summed E-state index contributed by atoms with van der Waals surface area (Å²) in [5.74, 6) is 1.45. The molecule has 0 fully saturated rings. The van der Waals surface area contributed by atoms with Gasteiger partial charge in [0.05, 0.1) is 6.10 Å². The van der Waals surface area contributed by atoms with Gasteiger partial charge in [0, 0.05) is 0 Å². The summed E-state index contributed by atoms with van der Waals surface area (Å²) in [4.78, 5) is 0. The molecule has 0 aliphatic rings. The van der Waals surface area contributed by atoms with Gasteiger partial charge in [-0.2, -0.15) is 0 Å². The average molecular weight is 306 g/mol. The molecule has 22 heavy (non-hydrogen) atoms. The third-order valence-electron chi connectivity index (χ3n) is 4.33. The largest absolute Gasteiger partial charge is 0.465 e. The lowest BCUT2D eigenvalue weighted by Crippen LogP contribution is -2.23. The van der Waals surface area contributed by atoms with Crippen LogP contribution in [0, 0.1) is 5.41 Å². The van der Waals surface area contributed by atoms with Gasteiger partial charge in [-0.25, -0.2) is 0 Å². The van der Waals surface area contributed by atoms with Crippen molar-refractivity contribution in [3.05, 3.63) is 29.8 Å². The van der Waals surface area contributed by atoms with Crippen LogP contribution in [0.3, 0.4) is 0 Å². The molecule has 2 heteroatoms. The molecule has 0 amide bonds. The molecule has 126 valence electrons. The van der Waals surface area contributed by atoms with E-state index in [0.717, 1.165) is 25.0 Å². The molecular formula is C20H34O2. The van der Waals surface area contributed by atoms with Crippen LogP contribution < -0.4 is 4.74 Å². The summed E-state index contributed by atoms with van der Waals surface area (Å²) in [5.41, 5.74) is 1.67. The molecular weight excluding hydrogens is 272 g/mol. The van der Waals surface area contributed by atoms with Gasteiger partial charge in [-0.05, 0) is 55.2 Å². The summed E-state index contributed by atoms with van der Waals surface area (Å²) in [6, 6.07) is 8.52. The molecule has 0 aliphatic heterocycles. The van der Waals surface area contributed by atoms with Crippen molar-refractivity contribution < 1.29 is 9.47 Å². The van der Waals surface area contributed by atoms with E-state index in [4.69, 9.17) is 9.47 Å². The first kappa shape index (κ1) is 19.0. The van der Waals surface area contributed by atoms with Crippen molar-refractivity contribution in [3.63, 3.8) is 0 Å².